The molecule has 4 aromatic heterocycles. The second-order valence-electron chi connectivity index (χ2n) is 8.38. The predicted molar refractivity (Wildman–Crippen MR) is 152 cm³/mol. The Hall–Kier alpha value is -4.22. The van der Waals surface area contributed by atoms with E-state index in [4.69, 9.17) is 0 Å². The monoisotopic (exact) mass is 668 g/mol. The zero-order valence-corrected chi connectivity index (χ0v) is 24.5. The van der Waals surface area contributed by atoms with Crippen molar-refractivity contribution in [3.8, 4) is 0 Å². The number of amides is 2. The Morgan fingerprint density at radius 1 is 0.625 bits per heavy atom. The van der Waals surface area contributed by atoms with Crippen molar-refractivity contribution in [1.82, 2.24) is 30.4 Å². The van der Waals surface area contributed by atoms with Gasteiger partial charge in [-0.2, -0.15) is 0 Å². The maximum absolute atomic E-state index is 12.3. The molecule has 2 amide bonds. The first-order valence-corrected chi connectivity index (χ1v) is 15.6. The number of carbonyl (C=O) groups excluding carboxylic acids is 2. The first-order valence-electron chi connectivity index (χ1n) is 12.2. The van der Waals surface area contributed by atoms with Gasteiger partial charge >= 0.3 is 242 Å². The van der Waals surface area contributed by atoms with Gasteiger partial charge in [0.2, 0.25) is 0 Å². The standard InChI is InChI=1S/C26H24N10O2Se2/c37-21(13-19-6-1-3-10-27-19)31-25-35-33-23(39-25)15-29-17-8-5-9-18(12-17)30-16-24-34-36-26(40-24)32-22(38)14-20-7-2-4-11-28-20/h1-12,29-30H,13-16H2,(H,31,35,37)(H,32,36,38). The van der Waals surface area contributed by atoms with Gasteiger partial charge in [-0.3, -0.25) is 0 Å². The molecular formula is C26H24N10O2Se2. The molecule has 0 fully saturated rings. The van der Waals surface area contributed by atoms with Crippen molar-refractivity contribution in [1.29, 1.82) is 0 Å². The fraction of sp³-hybridized carbons (Fsp3) is 0.154. The van der Waals surface area contributed by atoms with Gasteiger partial charge in [0.05, 0.1) is 0 Å². The molecule has 0 radical (unpaired) electrons. The molecule has 0 bridgehead atoms. The van der Waals surface area contributed by atoms with Crippen LogP contribution in [-0.2, 0) is 35.5 Å². The van der Waals surface area contributed by atoms with Crippen LogP contribution in [0.15, 0.2) is 73.1 Å². The van der Waals surface area contributed by atoms with Crippen LogP contribution in [-0.4, -0.2) is 71.2 Å². The van der Waals surface area contributed by atoms with Gasteiger partial charge in [-0.05, 0) is 0 Å². The van der Waals surface area contributed by atoms with Crippen LogP contribution in [0.5, 0.6) is 0 Å². The van der Waals surface area contributed by atoms with Crippen LogP contribution in [0.1, 0.15) is 20.5 Å². The van der Waals surface area contributed by atoms with E-state index in [0.717, 1.165) is 20.5 Å². The molecule has 1 aromatic carbocycles. The summed E-state index contributed by atoms with van der Waals surface area (Å²) in [5.74, 6) is -0.305. The van der Waals surface area contributed by atoms with Gasteiger partial charge in [0.1, 0.15) is 0 Å². The average Bonchev–Trinajstić information content (AvgIpc) is 3.61. The summed E-state index contributed by atoms with van der Waals surface area (Å²) in [6.45, 7) is 1.05. The zero-order valence-electron chi connectivity index (χ0n) is 21.1. The summed E-state index contributed by atoms with van der Waals surface area (Å²) >= 11 is -0.313. The summed E-state index contributed by atoms with van der Waals surface area (Å²) < 4.78 is 2.96. The third-order valence-electron chi connectivity index (χ3n) is 5.31. The molecule has 0 saturated heterocycles. The Balaban J connectivity index is 1.06. The number of carbonyl (C=O) groups is 2. The Morgan fingerprint density at radius 2 is 1.12 bits per heavy atom. The van der Waals surface area contributed by atoms with Gasteiger partial charge in [-0.25, -0.2) is 0 Å². The molecule has 0 atom stereocenters. The van der Waals surface area contributed by atoms with Crippen LogP contribution in [0, 0.1) is 0 Å². The van der Waals surface area contributed by atoms with Crippen LogP contribution in [0.4, 0.5) is 20.8 Å². The van der Waals surface area contributed by atoms with Crippen molar-refractivity contribution in [3.05, 3.63) is 93.6 Å². The van der Waals surface area contributed by atoms with Crippen molar-refractivity contribution >= 4 is 61.6 Å². The van der Waals surface area contributed by atoms with Gasteiger partial charge in [-0.15, -0.1) is 0 Å². The molecule has 5 aromatic rings. The molecule has 5 rings (SSSR count). The zero-order chi connectivity index (χ0) is 27.6. The van der Waals surface area contributed by atoms with E-state index in [1.807, 2.05) is 60.7 Å². The number of aromatic nitrogens is 6. The number of nitrogens with zero attached hydrogens (tertiary/aromatic N) is 6. The van der Waals surface area contributed by atoms with Crippen molar-refractivity contribution in [2.75, 3.05) is 21.3 Å². The average molecular weight is 666 g/mol. The third-order valence-corrected chi connectivity index (χ3v) is 8.83. The molecule has 4 N–H and O–H groups in total. The normalized spacial score (nSPS) is 10.6. The van der Waals surface area contributed by atoms with Crippen LogP contribution >= 0.6 is 0 Å². The molecule has 0 unspecified atom stereocenters. The first kappa shape index (κ1) is 27.3. The fourth-order valence-corrected chi connectivity index (χ4v) is 6.43. The SMILES string of the molecule is O=C(Cc1ccccn1)Nc1nnc(CNc2cccc(NCc3nnc(NC(=O)Cc4ccccn4)[se]3)c2)[se]1. The van der Waals surface area contributed by atoms with Crippen LogP contribution in [0.3, 0.4) is 0 Å². The van der Waals surface area contributed by atoms with Crippen LogP contribution in [0.25, 0.3) is 0 Å². The van der Waals surface area contributed by atoms with Crippen LogP contribution in [0.2, 0.25) is 0 Å². The summed E-state index contributed by atoms with van der Waals surface area (Å²) in [6, 6.07) is 18.9. The molecule has 0 saturated carbocycles. The first-order chi connectivity index (χ1) is 19.6. The molecule has 0 aliphatic heterocycles. The quantitative estimate of drug-likeness (QED) is 0.145. The second-order valence-corrected chi connectivity index (χ2v) is 12.8. The van der Waals surface area contributed by atoms with E-state index >= 15 is 0 Å². The fourth-order valence-electron chi connectivity index (χ4n) is 3.51. The van der Waals surface area contributed by atoms with Gasteiger partial charge in [0.25, 0.3) is 0 Å². The number of rotatable bonds is 12. The van der Waals surface area contributed by atoms with E-state index in [2.05, 4.69) is 51.6 Å². The summed E-state index contributed by atoms with van der Waals surface area (Å²) in [5, 5.41) is 29.1. The third kappa shape index (κ3) is 8.39. The Morgan fingerprint density at radius 3 is 1.57 bits per heavy atom. The van der Waals surface area contributed by atoms with E-state index in [1.54, 1.807) is 12.4 Å². The molecule has 202 valence electrons. The predicted octanol–water partition coefficient (Wildman–Crippen LogP) is 1.76. The molecule has 12 nitrogen and oxygen atoms in total. The molecule has 0 aliphatic carbocycles. The van der Waals surface area contributed by atoms with E-state index in [-0.39, 0.29) is 53.7 Å². The number of hydrogen-bond donors (Lipinski definition) is 4. The van der Waals surface area contributed by atoms with E-state index in [9.17, 15) is 9.59 Å². The van der Waals surface area contributed by atoms with Gasteiger partial charge in [0, 0.05) is 0 Å². The summed E-state index contributed by atoms with van der Waals surface area (Å²) in [7, 11) is 0. The summed E-state index contributed by atoms with van der Waals surface area (Å²) in [6.07, 6.45) is 3.73. The number of hydrogen-bond acceptors (Lipinski definition) is 10. The molecule has 0 aliphatic rings. The molecular weight excluding hydrogens is 642 g/mol. The van der Waals surface area contributed by atoms with E-state index in [0.29, 0.717) is 33.9 Å². The number of benzene rings is 1. The number of nitrogens with one attached hydrogen (secondary N) is 4. The van der Waals surface area contributed by atoms with E-state index in [1.165, 1.54) is 0 Å². The molecule has 0 spiro atoms. The topological polar surface area (TPSA) is 160 Å². The van der Waals surface area contributed by atoms with Crippen molar-refractivity contribution < 1.29 is 9.59 Å². The molecule has 14 heteroatoms. The maximum atomic E-state index is 12.3. The van der Waals surface area contributed by atoms with Gasteiger partial charge in [0.15, 0.2) is 0 Å². The minimum atomic E-state index is -0.157. The van der Waals surface area contributed by atoms with E-state index < -0.39 is 0 Å². The van der Waals surface area contributed by atoms with Crippen molar-refractivity contribution in [3.63, 3.8) is 0 Å². The second kappa shape index (κ2) is 13.7. The minimum absolute atomic E-state index is 0.153. The van der Waals surface area contributed by atoms with Crippen LogP contribution < -0.4 is 21.3 Å². The summed E-state index contributed by atoms with van der Waals surface area (Å²) in [5.41, 5.74) is 3.27. The Bertz CT molecular complexity index is 1450. The van der Waals surface area contributed by atoms with Gasteiger partial charge < -0.3 is 0 Å². The van der Waals surface area contributed by atoms with Crippen molar-refractivity contribution in [2.45, 2.75) is 25.9 Å². The van der Waals surface area contributed by atoms with Gasteiger partial charge in [-0.1, -0.05) is 0 Å². The summed E-state index contributed by atoms with van der Waals surface area (Å²) in [4.78, 5) is 32.8. The number of pyridine rings is 2. The van der Waals surface area contributed by atoms with Crippen molar-refractivity contribution in [2.24, 2.45) is 0 Å². The molecule has 40 heavy (non-hydrogen) atoms. The molecule has 4 heterocycles. The Kier molecular flexibility index (Phi) is 9.38. The Labute approximate surface area is 241 Å². The number of anilines is 4.